The minimum absolute atomic E-state index is 0.229. The first-order valence-electron chi connectivity index (χ1n) is 7.59. The largest absolute Gasteiger partial charge is 0.493 e. The number of ether oxygens (including phenoxy) is 2. The monoisotopic (exact) mass is 345 g/mol. The van der Waals surface area contributed by atoms with Crippen molar-refractivity contribution in [1.82, 2.24) is 0 Å². The van der Waals surface area contributed by atoms with Crippen LogP contribution in [-0.4, -0.2) is 19.6 Å². The van der Waals surface area contributed by atoms with E-state index < -0.39 is 0 Å². The number of carbonyl (C=O) groups is 1. The van der Waals surface area contributed by atoms with E-state index in [4.69, 9.17) is 21.1 Å². The topological polar surface area (TPSA) is 47.6 Å². The molecular formula is C19H20ClNO3. The maximum atomic E-state index is 12.1. The van der Waals surface area contributed by atoms with Crippen LogP contribution < -0.4 is 14.8 Å². The molecule has 0 aliphatic heterocycles. The summed E-state index contributed by atoms with van der Waals surface area (Å²) in [4.78, 5) is 12.1. The van der Waals surface area contributed by atoms with E-state index in [0.717, 1.165) is 11.1 Å². The highest BCUT2D eigenvalue weighted by Crippen LogP contribution is 2.28. The second-order valence-electron chi connectivity index (χ2n) is 5.13. The Morgan fingerprint density at radius 3 is 2.71 bits per heavy atom. The van der Waals surface area contributed by atoms with Crippen LogP contribution in [0.4, 0.5) is 5.69 Å². The van der Waals surface area contributed by atoms with Crippen LogP contribution in [0.1, 0.15) is 18.1 Å². The van der Waals surface area contributed by atoms with Crippen LogP contribution in [0, 0.1) is 6.92 Å². The number of amides is 1. The molecule has 0 radical (unpaired) electrons. The van der Waals surface area contributed by atoms with Crippen molar-refractivity contribution in [1.29, 1.82) is 0 Å². The Morgan fingerprint density at radius 1 is 1.21 bits per heavy atom. The Morgan fingerprint density at radius 2 is 2.00 bits per heavy atom. The molecule has 0 fully saturated rings. The summed E-state index contributed by atoms with van der Waals surface area (Å²) in [5, 5.41) is 3.40. The highest BCUT2D eigenvalue weighted by molar-refractivity contribution is 6.31. The number of carbonyl (C=O) groups excluding carboxylic acids is 1. The van der Waals surface area contributed by atoms with Gasteiger partial charge in [0.05, 0.1) is 13.7 Å². The van der Waals surface area contributed by atoms with E-state index in [-0.39, 0.29) is 5.91 Å². The summed E-state index contributed by atoms with van der Waals surface area (Å²) in [6, 6.07) is 10.9. The number of anilines is 1. The van der Waals surface area contributed by atoms with Crippen molar-refractivity contribution in [2.45, 2.75) is 13.8 Å². The smallest absolute Gasteiger partial charge is 0.248 e. The normalized spacial score (nSPS) is 10.7. The van der Waals surface area contributed by atoms with E-state index in [1.807, 2.05) is 38.1 Å². The molecule has 0 atom stereocenters. The van der Waals surface area contributed by atoms with Crippen LogP contribution in [0.2, 0.25) is 5.02 Å². The predicted octanol–water partition coefficient (Wildman–Crippen LogP) is 4.71. The number of aryl methyl sites for hydroxylation is 1. The SMILES string of the molecule is CCOc1ccc(C=CC(=O)Nc2cc(Cl)ccc2C)cc1OC. The Labute approximate surface area is 147 Å². The van der Waals surface area contributed by atoms with Crippen molar-refractivity contribution >= 4 is 29.3 Å². The highest BCUT2D eigenvalue weighted by atomic mass is 35.5. The number of rotatable bonds is 6. The van der Waals surface area contributed by atoms with Gasteiger partial charge in [-0.1, -0.05) is 23.7 Å². The van der Waals surface area contributed by atoms with Crippen molar-refractivity contribution < 1.29 is 14.3 Å². The minimum Gasteiger partial charge on any atom is -0.493 e. The van der Waals surface area contributed by atoms with Gasteiger partial charge in [0.1, 0.15) is 0 Å². The first kappa shape index (κ1) is 17.9. The van der Waals surface area contributed by atoms with Gasteiger partial charge in [-0.25, -0.2) is 0 Å². The minimum atomic E-state index is -0.229. The predicted molar refractivity (Wildman–Crippen MR) is 98.0 cm³/mol. The number of benzene rings is 2. The molecule has 2 rings (SSSR count). The van der Waals surface area contributed by atoms with Gasteiger partial charge < -0.3 is 14.8 Å². The van der Waals surface area contributed by atoms with Crippen LogP contribution in [0.15, 0.2) is 42.5 Å². The van der Waals surface area contributed by atoms with E-state index in [9.17, 15) is 4.79 Å². The highest BCUT2D eigenvalue weighted by Gasteiger charge is 2.05. The molecule has 0 aliphatic carbocycles. The molecule has 0 saturated heterocycles. The van der Waals surface area contributed by atoms with Gasteiger partial charge in [0, 0.05) is 16.8 Å². The standard InChI is InChI=1S/C19H20ClNO3/c1-4-24-17-9-6-14(11-18(17)23-3)7-10-19(22)21-16-12-15(20)8-5-13(16)2/h5-12H,4H2,1-3H3,(H,21,22). The number of nitrogens with one attached hydrogen (secondary N) is 1. The lowest BCUT2D eigenvalue weighted by molar-refractivity contribution is -0.111. The van der Waals surface area contributed by atoms with E-state index in [1.54, 1.807) is 25.3 Å². The van der Waals surface area contributed by atoms with Crippen molar-refractivity contribution in [3.63, 3.8) is 0 Å². The van der Waals surface area contributed by atoms with Gasteiger partial charge in [-0.3, -0.25) is 4.79 Å². The molecule has 1 amide bonds. The number of methoxy groups -OCH3 is 1. The van der Waals surface area contributed by atoms with Crippen LogP contribution in [-0.2, 0) is 4.79 Å². The number of hydrogen-bond donors (Lipinski definition) is 1. The van der Waals surface area contributed by atoms with Crippen LogP contribution in [0.5, 0.6) is 11.5 Å². The maximum absolute atomic E-state index is 12.1. The molecule has 0 bridgehead atoms. The fourth-order valence-corrected chi connectivity index (χ4v) is 2.31. The van der Waals surface area contributed by atoms with Crippen LogP contribution >= 0.6 is 11.6 Å². The molecule has 0 saturated carbocycles. The Bertz CT molecular complexity index is 756. The average Bonchev–Trinajstić information content (AvgIpc) is 2.57. The zero-order chi connectivity index (χ0) is 17.5. The van der Waals surface area contributed by atoms with Gasteiger partial charge in [-0.2, -0.15) is 0 Å². The van der Waals surface area contributed by atoms with E-state index in [1.165, 1.54) is 6.08 Å². The Balaban J connectivity index is 2.09. The Hall–Kier alpha value is -2.46. The lowest BCUT2D eigenvalue weighted by Crippen LogP contribution is -2.08. The molecule has 0 aromatic heterocycles. The van der Waals surface area contributed by atoms with Gasteiger partial charge in [0.25, 0.3) is 0 Å². The second-order valence-corrected chi connectivity index (χ2v) is 5.56. The molecule has 5 heteroatoms. The first-order chi connectivity index (χ1) is 11.5. The van der Waals surface area contributed by atoms with E-state index in [2.05, 4.69) is 5.32 Å². The van der Waals surface area contributed by atoms with Crippen molar-refractivity contribution in [3.8, 4) is 11.5 Å². The van der Waals surface area contributed by atoms with E-state index >= 15 is 0 Å². The lowest BCUT2D eigenvalue weighted by Gasteiger charge is -2.09. The molecule has 0 unspecified atom stereocenters. The van der Waals surface area contributed by atoms with Crippen molar-refractivity contribution in [2.24, 2.45) is 0 Å². The molecule has 24 heavy (non-hydrogen) atoms. The summed E-state index contributed by atoms with van der Waals surface area (Å²) in [6.07, 6.45) is 3.18. The molecule has 4 nitrogen and oxygen atoms in total. The summed E-state index contributed by atoms with van der Waals surface area (Å²) in [5.74, 6) is 1.08. The van der Waals surface area contributed by atoms with Crippen molar-refractivity contribution in [3.05, 3.63) is 58.6 Å². The third kappa shape index (κ3) is 4.77. The van der Waals surface area contributed by atoms with Crippen LogP contribution in [0.25, 0.3) is 6.08 Å². The third-order valence-electron chi connectivity index (χ3n) is 3.37. The summed E-state index contributed by atoms with van der Waals surface area (Å²) in [5.41, 5.74) is 2.48. The summed E-state index contributed by atoms with van der Waals surface area (Å²) >= 11 is 5.95. The molecule has 126 valence electrons. The first-order valence-corrected chi connectivity index (χ1v) is 7.97. The fourth-order valence-electron chi connectivity index (χ4n) is 2.14. The molecule has 0 aliphatic rings. The van der Waals surface area contributed by atoms with Gasteiger partial charge in [-0.05, 0) is 55.3 Å². The maximum Gasteiger partial charge on any atom is 0.248 e. The molecular weight excluding hydrogens is 326 g/mol. The molecule has 2 aromatic rings. The second kappa shape index (κ2) is 8.41. The third-order valence-corrected chi connectivity index (χ3v) is 3.61. The zero-order valence-electron chi connectivity index (χ0n) is 13.9. The van der Waals surface area contributed by atoms with Crippen LogP contribution in [0.3, 0.4) is 0 Å². The van der Waals surface area contributed by atoms with Gasteiger partial charge in [0.15, 0.2) is 11.5 Å². The summed E-state index contributed by atoms with van der Waals surface area (Å²) in [6.45, 7) is 4.38. The molecule has 0 spiro atoms. The Kier molecular flexibility index (Phi) is 6.27. The fraction of sp³-hybridized carbons (Fsp3) is 0.211. The average molecular weight is 346 g/mol. The number of hydrogen-bond acceptors (Lipinski definition) is 3. The van der Waals surface area contributed by atoms with Crippen molar-refractivity contribution in [2.75, 3.05) is 19.0 Å². The summed E-state index contributed by atoms with van der Waals surface area (Å²) in [7, 11) is 1.58. The summed E-state index contributed by atoms with van der Waals surface area (Å²) < 4.78 is 10.8. The van der Waals surface area contributed by atoms with Gasteiger partial charge >= 0.3 is 0 Å². The molecule has 0 heterocycles. The zero-order valence-corrected chi connectivity index (χ0v) is 14.7. The van der Waals surface area contributed by atoms with Gasteiger partial charge in [-0.15, -0.1) is 0 Å². The number of halogens is 1. The quantitative estimate of drug-likeness (QED) is 0.771. The molecule has 2 aromatic carbocycles. The molecule has 1 N–H and O–H groups in total. The lowest BCUT2D eigenvalue weighted by atomic mass is 10.1. The van der Waals surface area contributed by atoms with Gasteiger partial charge in [0.2, 0.25) is 5.91 Å². The van der Waals surface area contributed by atoms with E-state index in [0.29, 0.717) is 28.8 Å².